The van der Waals surface area contributed by atoms with Crippen molar-refractivity contribution in [2.45, 2.75) is 39.8 Å². The molecule has 3 nitrogen and oxygen atoms in total. The zero-order valence-electron chi connectivity index (χ0n) is 13.6. The summed E-state index contributed by atoms with van der Waals surface area (Å²) < 4.78 is 24.8. The van der Waals surface area contributed by atoms with Crippen LogP contribution in [0.15, 0.2) is 48.5 Å². The van der Waals surface area contributed by atoms with E-state index in [1.807, 2.05) is 76.2 Å². The van der Waals surface area contributed by atoms with Gasteiger partial charge in [-0.15, -0.1) is 0 Å². The van der Waals surface area contributed by atoms with Crippen molar-refractivity contribution in [3.8, 4) is 11.5 Å². The maximum absolute atomic E-state index is 13.2. The van der Waals surface area contributed by atoms with Crippen LogP contribution in [-0.4, -0.2) is 5.66 Å². The molecule has 0 aliphatic heterocycles. The lowest BCUT2D eigenvalue weighted by molar-refractivity contribution is 0.372. The van der Waals surface area contributed by atoms with E-state index in [1.165, 1.54) is 0 Å². The highest BCUT2D eigenvalue weighted by molar-refractivity contribution is 7.55. The van der Waals surface area contributed by atoms with E-state index in [0.717, 1.165) is 17.5 Å². The average molecular weight is 318 g/mol. The SMILES string of the molecule is CCC(C)P(=O)(Oc1ccc(C)cc1)Oc1ccc(C)cc1. The first kappa shape index (κ1) is 16.6. The molecule has 0 aliphatic carbocycles. The highest BCUT2D eigenvalue weighted by atomic mass is 31.2. The Morgan fingerprint density at radius 3 is 1.55 bits per heavy atom. The van der Waals surface area contributed by atoms with Crippen molar-refractivity contribution in [3.05, 3.63) is 59.7 Å². The molecule has 2 rings (SSSR count). The van der Waals surface area contributed by atoms with Crippen molar-refractivity contribution in [3.63, 3.8) is 0 Å². The first-order valence-corrected chi connectivity index (χ1v) is 9.16. The molecule has 0 N–H and O–H groups in total. The molecule has 0 saturated heterocycles. The van der Waals surface area contributed by atoms with Crippen LogP contribution >= 0.6 is 7.60 Å². The Bertz CT molecular complexity index is 596. The van der Waals surface area contributed by atoms with Gasteiger partial charge in [0, 0.05) is 0 Å². The molecule has 0 aromatic heterocycles. The van der Waals surface area contributed by atoms with E-state index in [9.17, 15) is 4.57 Å². The third-order valence-corrected chi connectivity index (χ3v) is 6.01. The lowest BCUT2D eigenvalue weighted by atomic mass is 10.2. The Morgan fingerprint density at radius 2 is 1.23 bits per heavy atom. The molecule has 0 aliphatic rings. The van der Waals surface area contributed by atoms with Crippen LogP contribution < -0.4 is 9.05 Å². The summed E-state index contributed by atoms with van der Waals surface area (Å²) in [5, 5.41) is 0. The molecule has 0 heterocycles. The summed E-state index contributed by atoms with van der Waals surface area (Å²) in [6.07, 6.45) is 0.717. The van der Waals surface area contributed by atoms with Gasteiger partial charge in [0.05, 0.1) is 5.66 Å². The number of benzene rings is 2. The van der Waals surface area contributed by atoms with Crippen molar-refractivity contribution in [1.82, 2.24) is 0 Å². The largest absolute Gasteiger partial charge is 0.433 e. The zero-order chi connectivity index (χ0) is 16.2. The van der Waals surface area contributed by atoms with Crippen LogP contribution in [-0.2, 0) is 4.57 Å². The molecule has 0 bridgehead atoms. The Kier molecular flexibility index (Phi) is 5.31. The minimum absolute atomic E-state index is 0.185. The second kappa shape index (κ2) is 7.02. The van der Waals surface area contributed by atoms with E-state index in [4.69, 9.17) is 9.05 Å². The summed E-state index contributed by atoms with van der Waals surface area (Å²) in [6, 6.07) is 15.0. The second-order valence-corrected chi connectivity index (χ2v) is 7.93. The first-order valence-electron chi connectivity index (χ1n) is 7.55. The summed E-state index contributed by atoms with van der Waals surface area (Å²) in [4.78, 5) is 0. The van der Waals surface area contributed by atoms with Gasteiger partial charge >= 0.3 is 7.60 Å². The summed E-state index contributed by atoms with van der Waals surface area (Å²) >= 11 is 0. The summed E-state index contributed by atoms with van der Waals surface area (Å²) in [6.45, 7) is 7.87. The van der Waals surface area contributed by atoms with Crippen LogP contribution in [0.5, 0.6) is 11.5 Å². The van der Waals surface area contributed by atoms with Crippen LogP contribution in [0.1, 0.15) is 31.4 Å². The fraction of sp³-hybridized carbons (Fsp3) is 0.333. The van der Waals surface area contributed by atoms with E-state index >= 15 is 0 Å². The van der Waals surface area contributed by atoms with Gasteiger partial charge in [0.2, 0.25) is 0 Å². The van der Waals surface area contributed by atoms with E-state index < -0.39 is 7.60 Å². The molecule has 0 spiro atoms. The Hall–Kier alpha value is -1.73. The quantitative estimate of drug-likeness (QED) is 0.636. The molecule has 1 unspecified atom stereocenters. The van der Waals surface area contributed by atoms with Crippen LogP contribution in [0, 0.1) is 13.8 Å². The van der Waals surface area contributed by atoms with Gasteiger partial charge in [-0.2, -0.15) is 0 Å². The van der Waals surface area contributed by atoms with E-state index in [0.29, 0.717) is 11.5 Å². The molecule has 4 heteroatoms. The second-order valence-electron chi connectivity index (χ2n) is 5.61. The standard InChI is InChI=1S/C18H23O3P/c1-5-16(4)22(19,20-17-10-6-14(2)7-11-17)21-18-12-8-15(3)9-13-18/h6-13,16H,5H2,1-4H3. The molecule has 1 atom stereocenters. The maximum atomic E-state index is 13.2. The normalized spacial score (nSPS) is 12.7. The van der Waals surface area contributed by atoms with Crippen LogP contribution in [0.4, 0.5) is 0 Å². The number of hydrogen-bond acceptors (Lipinski definition) is 3. The molecule has 2 aromatic carbocycles. The molecule has 22 heavy (non-hydrogen) atoms. The average Bonchev–Trinajstić information content (AvgIpc) is 2.51. The number of hydrogen-bond donors (Lipinski definition) is 0. The van der Waals surface area contributed by atoms with Gasteiger partial charge in [0.25, 0.3) is 0 Å². The lowest BCUT2D eigenvalue weighted by Crippen LogP contribution is -2.13. The van der Waals surface area contributed by atoms with Gasteiger partial charge in [-0.25, -0.2) is 4.57 Å². The van der Waals surface area contributed by atoms with Crippen LogP contribution in [0.2, 0.25) is 0 Å². The van der Waals surface area contributed by atoms with Crippen molar-refractivity contribution in [1.29, 1.82) is 0 Å². The van der Waals surface area contributed by atoms with E-state index in [-0.39, 0.29) is 5.66 Å². The Balaban J connectivity index is 2.25. The van der Waals surface area contributed by atoms with Crippen molar-refractivity contribution in [2.75, 3.05) is 0 Å². The fourth-order valence-electron chi connectivity index (χ4n) is 1.91. The zero-order valence-corrected chi connectivity index (χ0v) is 14.5. The van der Waals surface area contributed by atoms with Crippen LogP contribution in [0.25, 0.3) is 0 Å². The lowest BCUT2D eigenvalue weighted by Gasteiger charge is -2.24. The predicted molar refractivity (Wildman–Crippen MR) is 91.0 cm³/mol. The number of rotatable bonds is 6. The predicted octanol–water partition coefficient (Wildman–Crippen LogP) is 5.75. The molecule has 118 valence electrons. The van der Waals surface area contributed by atoms with Gasteiger partial charge in [-0.1, -0.05) is 42.3 Å². The molecule has 0 saturated carbocycles. The molecule has 2 aromatic rings. The van der Waals surface area contributed by atoms with E-state index in [2.05, 4.69) is 0 Å². The van der Waals surface area contributed by atoms with Gasteiger partial charge in [0.15, 0.2) is 0 Å². The molecular weight excluding hydrogens is 295 g/mol. The third kappa shape index (κ3) is 4.14. The molecule has 0 fully saturated rings. The fourth-order valence-corrected chi connectivity index (χ4v) is 3.59. The van der Waals surface area contributed by atoms with Gasteiger partial charge in [0.1, 0.15) is 11.5 Å². The summed E-state index contributed by atoms with van der Waals surface area (Å²) in [7, 11) is -3.28. The minimum atomic E-state index is -3.28. The Morgan fingerprint density at radius 1 is 0.864 bits per heavy atom. The van der Waals surface area contributed by atoms with Crippen molar-refractivity contribution in [2.24, 2.45) is 0 Å². The van der Waals surface area contributed by atoms with Crippen LogP contribution in [0.3, 0.4) is 0 Å². The maximum Gasteiger partial charge on any atom is 0.433 e. The summed E-state index contributed by atoms with van der Waals surface area (Å²) in [5.74, 6) is 1.14. The third-order valence-electron chi connectivity index (χ3n) is 3.64. The Labute approximate surface area is 132 Å². The number of aryl methyl sites for hydroxylation is 2. The van der Waals surface area contributed by atoms with Crippen molar-refractivity contribution < 1.29 is 13.6 Å². The molecule has 0 amide bonds. The van der Waals surface area contributed by atoms with Gasteiger partial charge in [-0.05, 0) is 51.5 Å². The topological polar surface area (TPSA) is 35.5 Å². The van der Waals surface area contributed by atoms with E-state index in [1.54, 1.807) is 0 Å². The van der Waals surface area contributed by atoms with Gasteiger partial charge < -0.3 is 9.05 Å². The monoisotopic (exact) mass is 318 g/mol. The minimum Gasteiger partial charge on any atom is -0.416 e. The highest BCUT2D eigenvalue weighted by Gasteiger charge is 2.34. The highest BCUT2D eigenvalue weighted by Crippen LogP contribution is 2.53. The first-order chi connectivity index (χ1) is 10.4. The molecular formula is C18H23O3P. The molecule has 0 radical (unpaired) electrons. The smallest absolute Gasteiger partial charge is 0.416 e. The van der Waals surface area contributed by atoms with Crippen molar-refractivity contribution >= 4 is 7.60 Å². The summed E-state index contributed by atoms with van der Waals surface area (Å²) in [5.41, 5.74) is 2.07. The van der Waals surface area contributed by atoms with Gasteiger partial charge in [-0.3, -0.25) is 0 Å².